The van der Waals surface area contributed by atoms with Crippen LogP contribution in [0.25, 0.3) is 10.8 Å². The number of nitrogens with zero attached hydrogens (tertiary/aromatic N) is 3. The average molecular weight is 1420 g/mol. The van der Waals surface area contributed by atoms with Crippen molar-refractivity contribution in [3.05, 3.63) is 186 Å². The lowest BCUT2D eigenvalue weighted by atomic mass is 9.99. The second-order valence-electron chi connectivity index (χ2n) is 25.2. The van der Waals surface area contributed by atoms with Gasteiger partial charge in [0.05, 0.1) is 12.6 Å². The second kappa shape index (κ2) is 40.1. The topological polar surface area (TPSA) is 472 Å². The maximum Gasteiger partial charge on any atom is 0.325 e. The molecule has 1 fully saturated rings. The van der Waals surface area contributed by atoms with Crippen molar-refractivity contribution in [3.8, 4) is 5.75 Å². The van der Waals surface area contributed by atoms with Crippen molar-refractivity contribution in [1.29, 1.82) is 0 Å². The summed E-state index contributed by atoms with van der Waals surface area (Å²) in [7, 11) is 0. The summed E-state index contributed by atoms with van der Waals surface area (Å²) in [5.41, 5.74) is 25.6. The van der Waals surface area contributed by atoms with E-state index < -0.39 is 126 Å². The molecule has 9 amide bonds. The number of hydrogen-bond acceptors (Lipinski definition) is 15. The van der Waals surface area contributed by atoms with Crippen LogP contribution in [0.1, 0.15) is 80.2 Å². The first-order valence-electron chi connectivity index (χ1n) is 34.3. The summed E-state index contributed by atoms with van der Waals surface area (Å²) in [6.07, 6.45) is 0.243. The molecule has 6 aromatic carbocycles. The summed E-state index contributed by atoms with van der Waals surface area (Å²) in [6.45, 7) is 2.63. The monoisotopic (exact) mass is 1410 g/mol. The molecule has 0 bridgehead atoms. The normalized spacial score (nSPS) is 15.1. The maximum atomic E-state index is 15.0. The Kier molecular flexibility index (Phi) is 30.7. The molecule has 7 rings (SSSR count). The number of hydrogen-bond donors (Lipinski definition) is 16. The number of carboxylic acid groups (broad SMARTS) is 1. The number of carbonyl (C=O) groups is 10. The van der Waals surface area contributed by atoms with Gasteiger partial charge in [-0.1, -0.05) is 153 Å². The highest BCUT2D eigenvalue weighted by Gasteiger charge is 2.40. The molecule has 29 nitrogen and oxygen atoms in total. The van der Waals surface area contributed by atoms with E-state index in [0.717, 1.165) is 16.3 Å². The largest absolute Gasteiger partial charge is 0.508 e. The highest BCUT2D eigenvalue weighted by Crippen LogP contribution is 2.22. The fourth-order valence-electron chi connectivity index (χ4n) is 11.9. The number of fused-ring (bicyclic) bond motifs is 1. The molecule has 20 N–H and O–H groups in total. The van der Waals surface area contributed by atoms with E-state index in [0.29, 0.717) is 35.2 Å². The van der Waals surface area contributed by atoms with Gasteiger partial charge >= 0.3 is 5.97 Å². The number of aliphatic imine (C=N–C) groups is 2. The number of carboxylic acids is 1. The molecule has 0 unspecified atom stereocenters. The van der Waals surface area contributed by atoms with Gasteiger partial charge < -0.3 is 91.0 Å². The van der Waals surface area contributed by atoms with Gasteiger partial charge in [-0.3, -0.25) is 57.9 Å². The number of amides is 9. The number of aromatic hydroxyl groups is 1. The standard InChI is InChI=1S/C74H94N16O13/c1-3-79-56(43-50-29-32-51-24-13-14-25-52(51)38-50)64(94)86-58(40-47-20-9-5-10-21-47)67(97)87-59(41-48-22-11-6-12-23-48)68(98)89-61(44-91)69(99)88-60(42-49-30-33-53(92)34-31-49)65(95)83-54(26-15-35-80-73(75)76)63(93)85-57(39-46-18-7-4-8-19-46)66(96)84-55(27-16-36-81-74(77)78)71(101)90-37-17-28-62(90)70(100)82-45(2)72(102)103/h4-14,18-25,29-34,38,45,54-62,79,91-92H,3,15-17,26-28,35-37,39-44H2,1-2H3,(H,82,100)(H,83,95)(H,84,96)(H,85,93)(H,86,94)(H,87,97)(H,88,99)(H,89,98)(H,102,103)(H4,75,76,80)(H4,77,78,81)/t45-,54-,55-,56-,57-,58-,59-,60-,61-,62+/m0/s1. The fraction of sp³-hybridized carbons (Fsp3) is 0.378. The number of aliphatic carboxylic acids is 1. The van der Waals surface area contributed by atoms with Gasteiger partial charge in [-0.05, 0) is 109 Å². The number of nitrogens with two attached hydrogens (primary N) is 4. The van der Waals surface area contributed by atoms with Gasteiger partial charge in [-0.25, -0.2) is 0 Å². The molecular formula is C74H94N16O13. The zero-order chi connectivity index (χ0) is 74.4. The molecule has 0 saturated carbocycles. The number of benzene rings is 6. The van der Waals surface area contributed by atoms with Crippen molar-refractivity contribution in [3.63, 3.8) is 0 Å². The van der Waals surface area contributed by atoms with Gasteiger partial charge in [0, 0.05) is 45.3 Å². The Labute approximate surface area is 597 Å². The molecule has 1 aliphatic heterocycles. The molecule has 0 spiro atoms. The minimum Gasteiger partial charge on any atom is -0.508 e. The Morgan fingerprint density at radius 2 is 0.845 bits per heavy atom. The number of likely N-dealkylation sites (N-methyl/N-ethyl adjacent to an activating group) is 1. The number of phenols is 1. The smallest absolute Gasteiger partial charge is 0.325 e. The minimum absolute atomic E-state index is 0.0106. The number of aliphatic hydroxyl groups excluding tert-OH is 1. The Hall–Kier alpha value is -11.5. The van der Waals surface area contributed by atoms with Crippen LogP contribution < -0.4 is 70.8 Å². The Morgan fingerprint density at radius 3 is 1.30 bits per heavy atom. The summed E-state index contributed by atoms with van der Waals surface area (Å²) >= 11 is 0. The first-order valence-corrected chi connectivity index (χ1v) is 34.3. The second-order valence-corrected chi connectivity index (χ2v) is 25.2. The number of likely N-dealkylation sites (tertiary alicyclic amines) is 1. The number of nitrogens with one attached hydrogen (secondary N) is 9. The third-order valence-electron chi connectivity index (χ3n) is 17.3. The van der Waals surface area contributed by atoms with E-state index in [-0.39, 0.29) is 102 Å². The van der Waals surface area contributed by atoms with Crippen LogP contribution in [0.2, 0.25) is 0 Å². The van der Waals surface area contributed by atoms with E-state index in [1.165, 1.54) is 36.1 Å². The summed E-state index contributed by atoms with van der Waals surface area (Å²) in [5.74, 6) is -9.27. The lowest BCUT2D eigenvalue weighted by molar-refractivity contribution is -0.144. The predicted molar refractivity (Wildman–Crippen MR) is 388 cm³/mol. The fourth-order valence-corrected chi connectivity index (χ4v) is 11.9. The Morgan fingerprint density at radius 1 is 0.466 bits per heavy atom. The summed E-state index contributed by atoms with van der Waals surface area (Å²) < 4.78 is 0. The molecule has 548 valence electrons. The SMILES string of the molecule is CCN[C@@H](Cc1ccc2ccccc2c1)C(=O)N[C@@H](Cc1ccccc1)C(=O)N[C@@H](Cc1ccccc1)C(=O)N[C@@H](CO)C(=O)N[C@@H](Cc1ccc(O)cc1)C(=O)N[C@@H](CCCN=C(N)N)C(=O)N[C@@H](Cc1ccccc1)C(=O)N[C@@H](CCCN=C(N)N)C(=O)N1CCC[C@@H]1C(=O)N[C@@H](C)C(=O)O. The van der Waals surface area contributed by atoms with Gasteiger partial charge in [0.1, 0.15) is 60.1 Å². The van der Waals surface area contributed by atoms with Gasteiger partial charge in [0.25, 0.3) is 0 Å². The van der Waals surface area contributed by atoms with E-state index in [1.54, 1.807) is 91.0 Å². The van der Waals surface area contributed by atoms with Crippen LogP contribution in [0, 0.1) is 0 Å². The summed E-state index contributed by atoms with van der Waals surface area (Å²) in [6, 6.07) is 32.0. The van der Waals surface area contributed by atoms with Crippen LogP contribution in [0.3, 0.4) is 0 Å². The summed E-state index contributed by atoms with van der Waals surface area (Å²) in [4.78, 5) is 152. The van der Waals surface area contributed by atoms with Gasteiger partial charge in [0.15, 0.2) is 11.9 Å². The third kappa shape index (κ3) is 25.3. The van der Waals surface area contributed by atoms with Crippen LogP contribution in [-0.2, 0) is 80.0 Å². The molecule has 0 radical (unpaired) electrons. The van der Waals surface area contributed by atoms with Crippen molar-refractivity contribution < 1.29 is 63.3 Å². The van der Waals surface area contributed by atoms with E-state index in [2.05, 4.69) is 57.8 Å². The minimum atomic E-state index is -1.79. The van der Waals surface area contributed by atoms with Crippen molar-refractivity contribution in [2.75, 3.05) is 32.8 Å². The van der Waals surface area contributed by atoms with Crippen molar-refractivity contribution in [2.24, 2.45) is 32.9 Å². The lowest BCUT2D eigenvalue weighted by Gasteiger charge is -2.30. The van der Waals surface area contributed by atoms with E-state index >= 15 is 0 Å². The van der Waals surface area contributed by atoms with E-state index in [4.69, 9.17) is 22.9 Å². The number of phenolic OH excluding ortho intramolecular Hbond substituents is 1. The van der Waals surface area contributed by atoms with Crippen molar-refractivity contribution in [1.82, 2.24) is 52.8 Å². The predicted octanol–water partition coefficient (Wildman–Crippen LogP) is 0.110. The van der Waals surface area contributed by atoms with Gasteiger partial charge in [-0.15, -0.1) is 0 Å². The third-order valence-corrected chi connectivity index (χ3v) is 17.3. The molecule has 1 aliphatic rings. The molecule has 29 heteroatoms. The van der Waals surface area contributed by atoms with Crippen LogP contribution in [-0.4, -0.2) is 184 Å². The first kappa shape index (κ1) is 78.9. The zero-order valence-corrected chi connectivity index (χ0v) is 57.7. The molecule has 103 heavy (non-hydrogen) atoms. The molecule has 1 saturated heterocycles. The Bertz CT molecular complexity index is 3900. The Balaban J connectivity index is 1.14. The highest BCUT2D eigenvalue weighted by molar-refractivity contribution is 5.99. The zero-order valence-electron chi connectivity index (χ0n) is 57.7. The van der Waals surface area contributed by atoms with E-state index in [9.17, 15) is 63.3 Å². The molecule has 1 heterocycles. The number of carbonyl (C=O) groups excluding carboxylic acids is 9. The lowest BCUT2D eigenvalue weighted by Crippen LogP contribution is -2.61. The summed E-state index contributed by atoms with van der Waals surface area (Å²) in [5, 5.41) is 57.5. The number of guanidine groups is 2. The maximum absolute atomic E-state index is 15.0. The first-order chi connectivity index (χ1) is 49.5. The molecule has 6 aromatic rings. The van der Waals surface area contributed by atoms with Gasteiger partial charge in [-0.2, -0.15) is 0 Å². The van der Waals surface area contributed by atoms with Crippen LogP contribution >= 0.6 is 0 Å². The van der Waals surface area contributed by atoms with E-state index in [1.807, 2.05) is 49.4 Å². The van der Waals surface area contributed by atoms with Gasteiger partial charge in [0.2, 0.25) is 53.2 Å². The van der Waals surface area contributed by atoms with Crippen LogP contribution in [0.15, 0.2) is 168 Å². The van der Waals surface area contributed by atoms with Crippen LogP contribution in [0.5, 0.6) is 5.75 Å². The average Bonchev–Trinajstić information content (AvgIpc) is 1.82. The quantitative estimate of drug-likeness (QED) is 0.0138. The molecule has 0 aromatic heterocycles. The molecule has 0 aliphatic carbocycles. The van der Waals surface area contributed by atoms with Crippen molar-refractivity contribution >= 4 is 81.8 Å². The molecule has 10 atom stereocenters. The number of aliphatic hydroxyl groups is 1. The van der Waals surface area contributed by atoms with Crippen LogP contribution in [0.4, 0.5) is 0 Å². The number of rotatable bonds is 39. The van der Waals surface area contributed by atoms with Crippen molar-refractivity contribution in [2.45, 2.75) is 145 Å². The highest BCUT2D eigenvalue weighted by atomic mass is 16.4. The molecular weight excluding hydrogens is 1320 g/mol.